The predicted molar refractivity (Wildman–Crippen MR) is 101 cm³/mol. The van der Waals surface area contributed by atoms with Gasteiger partial charge in [-0.3, -0.25) is 9.52 Å². The molecule has 1 aliphatic rings. The summed E-state index contributed by atoms with van der Waals surface area (Å²) in [6, 6.07) is 11.8. The molecule has 7 heteroatoms. The quantitative estimate of drug-likeness (QED) is 0.796. The third-order valence-electron chi connectivity index (χ3n) is 4.17. The van der Waals surface area contributed by atoms with E-state index < -0.39 is 10.0 Å². The zero-order valence-electron chi connectivity index (χ0n) is 14.0. The normalized spacial score (nSPS) is 14.2. The third-order valence-corrected chi connectivity index (χ3v) is 6.23. The van der Waals surface area contributed by atoms with Gasteiger partial charge in [0.1, 0.15) is 0 Å². The molecule has 25 heavy (non-hydrogen) atoms. The van der Waals surface area contributed by atoms with Crippen LogP contribution in [0.4, 0.5) is 5.69 Å². The molecule has 0 saturated heterocycles. The Labute approximate surface area is 156 Å². The minimum absolute atomic E-state index is 0.0657. The van der Waals surface area contributed by atoms with E-state index in [9.17, 15) is 13.2 Å². The van der Waals surface area contributed by atoms with E-state index in [2.05, 4.69) is 20.7 Å². The van der Waals surface area contributed by atoms with Crippen molar-refractivity contribution < 1.29 is 13.2 Å². The van der Waals surface area contributed by atoms with Gasteiger partial charge in [0.05, 0.1) is 10.6 Å². The predicted octanol–water partition coefficient (Wildman–Crippen LogP) is 3.79. The van der Waals surface area contributed by atoms with Crippen molar-refractivity contribution in [1.29, 1.82) is 0 Å². The highest BCUT2D eigenvalue weighted by Gasteiger charge is 2.30. The van der Waals surface area contributed by atoms with Gasteiger partial charge in [-0.1, -0.05) is 12.1 Å². The zero-order chi connectivity index (χ0) is 18.2. The second kappa shape index (κ2) is 6.80. The fraction of sp³-hybridized carbons (Fsp3) is 0.278. The molecule has 1 fully saturated rings. The van der Waals surface area contributed by atoms with Gasteiger partial charge in [0.2, 0.25) is 0 Å². The summed E-state index contributed by atoms with van der Waals surface area (Å²) in [4.78, 5) is 14.2. The van der Waals surface area contributed by atoms with E-state index in [1.54, 1.807) is 36.2 Å². The highest BCUT2D eigenvalue weighted by Crippen LogP contribution is 2.28. The Morgan fingerprint density at radius 3 is 2.60 bits per heavy atom. The SMILES string of the molecule is Cc1ccc(Br)c(NS(=O)(=O)c2cccc(C(=O)N(C)C3CC3)c2)c1. The van der Waals surface area contributed by atoms with Crippen LogP contribution in [0.3, 0.4) is 0 Å². The fourth-order valence-corrected chi connectivity index (χ4v) is 4.14. The van der Waals surface area contributed by atoms with Crippen molar-refractivity contribution in [2.45, 2.75) is 30.7 Å². The first kappa shape index (κ1) is 17.9. The Morgan fingerprint density at radius 2 is 1.92 bits per heavy atom. The number of anilines is 1. The number of nitrogens with zero attached hydrogens (tertiary/aromatic N) is 1. The summed E-state index contributed by atoms with van der Waals surface area (Å²) in [6.45, 7) is 1.89. The number of amides is 1. The molecule has 1 amide bonds. The maximum Gasteiger partial charge on any atom is 0.261 e. The van der Waals surface area contributed by atoms with Crippen molar-refractivity contribution in [1.82, 2.24) is 4.90 Å². The Balaban J connectivity index is 1.88. The number of hydrogen-bond donors (Lipinski definition) is 1. The van der Waals surface area contributed by atoms with Crippen molar-refractivity contribution in [2.24, 2.45) is 0 Å². The van der Waals surface area contributed by atoms with Gasteiger partial charge in [-0.2, -0.15) is 0 Å². The first-order valence-electron chi connectivity index (χ1n) is 7.94. The molecule has 0 aromatic heterocycles. The topological polar surface area (TPSA) is 66.5 Å². The Kier molecular flexibility index (Phi) is 4.88. The Morgan fingerprint density at radius 1 is 1.20 bits per heavy atom. The van der Waals surface area contributed by atoms with Gasteiger partial charge in [-0.05, 0) is 71.6 Å². The average Bonchev–Trinajstić information content (AvgIpc) is 3.42. The molecule has 0 unspecified atom stereocenters. The third kappa shape index (κ3) is 4.04. The van der Waals surface area contributed by atoms with Gasteiger partial charge in [0.25, 0.3) is 15.9 Å². The molecule has 2 aromatic rings. The summed E-state index contributed by atoms with van der Waals surface area (Å²) in [7, 11) is -2.04. The first-order chi connectivity index (χ1) is 11.8. The molecule has 2 aromatic carbocycles. The molecule has 132 valence electrons. The molecule has 5 nitrogen and oxygen atoms in total. The monoisotopic (exact) mass is 422 g/mol. The van der Waals surface area contributed by atoms with Gasteiger partial charge in [0, 0.05) is 23.1 Å². The molecule has 0 heterocycles. The van der Waals surface area contributed by atoms with Crippen molar-refractivity contribution in [3.63, 3.8) is 0 Å². The van der Waals surface area contributed by atoms with E-state index in [1.807, 2.05) is 13.0 Å². The van der Waals surface area contributed by atoms with Gasteiger partial charge < -0.3 is 4.90 Å². The minimum Gasteiger partial charge on any atom is -0.339 e. The molecule has 1 aliphatic carbocycles. The van der Waals surface area contributed by atoms with Crippen LogP contribution in [-0.2, 0) is 10.0 Å². The van der Waals surface area contributed by atoms with Crippen LogP contribution in [0.5, 0.6) is 0 Å². The van der Waals surface area contributed by atoms with E-state index in [0.717, 1.165) is 18.4 Å². The van der Waals surface area contributed by atoms with Gasteiger partial charge in [-0.25, -0.2) is 8.42 Å². The molecule has 1 N–H and O–H groups in total. The number of carbonyl (C=O) groups excluding carboxylic acids is 1. The van der Waals surface area contributed by atoms with Crippen molar-refractivity contribution in [3.05, 3.63) is 58.1 Å². The smallest absolute Gasteiger partial charge is 0.261 e. The molecular formula is C18H19BrN2O3S. The number of halogens is 1. The Hall–Kier alpha value is -1.86. The summed E-state index contributed by atoms with van der Waals surface area (Å²) >= 11 is 3.35. The fourth-order valence-electron chi connectivity index (χ4n) is 2.55. The molecule has 0 aliphatic heterocycles. The van der Waals surface area contributed by atoms with Crippen LogP contribution in [0.15, 0.2) is 51.8 Å². The molecule has 0 radical (unpaired) electrons. The van der Waals surface area contributed by atoms with Crippen LogP contribution in [0.25, 0.3) is 0 Å². The summed E-state index contributed by atoms with van der Waals surface area (Å²) in [5.74, 6) is -0.156. The number of benzene rings is 2. The van der Waals surface area contributed by atoms with Crippen molar-refractivity contribution >= 4 is 37.5 Å². The molecule has 0 bridgehead atoms. The van der Waals surface area contributed by atoms with Crippen LogP contribution in [0.2, 0.25) is 0 Å². The second-order valence-electron chi connectivity index (χ2n) is 6.26. The van der Waals surface area contributed by atoms with Crippen molar-refractivity contribution in [2.75, 3.05) is 11.8 Å². The number of hydrogen-bond acceptors (Lipinski definition) is 3. The second-order valence-corrected chi connectivity index (χ2v) is 8.80. The number of carbonyl (C=O) groups is 1. The molecular weight excluding hydrogens is 404 g/mol. The zero-order valence-corrected chi connectivity index (χ0v) is 16.4. The minimum atomic E-state index is -3.79. The summed E-state index contributed by atoms with van der Waals surface area (Å²) in [6.07, 6.45) is 2.01. The first-order valence-corrected chi connectivity index (χ1v) is 10.2. The highest BCUT2D eigenvalue weighted by molar-refractivity contribution is 9.10. The van der Waals surface area contributed by atoms with Crippen LogP contribution < -0.4 is 4.72 Å². The van der Waals surface area contributed by atoms with E-state index >= 15 is 0 Å². The van der Waals surface area contributed by atoms with E-state index in [-0.39, 0.29) is 16.8 Å². The van der Waals surface area contributed by atoms with Gasteiger partial charge in [0.15, 0.2) is 0 Å². The van der Waals surface area contributed by atoms with Gasteiger partial charge >= 0.3 is 0 Å². The standard InChI is InChI=1S/C18H19BrN2O3S/c1-12-6-9-16(19)17(10-12)20-25(23,24)15-5-3-4-13(11-15)18(22)21(2)14-7-8-14/h3-6,9-11,14,20H,7-8H2,1-2H3. The lowest BCUT2D eigenvalue weighted by molar-refractivity contribution is 0.0785. The largest absolute Gasteiger partial charge is 0.339 e. The maximum atomic E-state index is 12.7. The highest BCUT2D eigenvalue weighted by atomic mass is 79.9. The number of sulfonamides is 1. The van der Waals surface area contributed by atoms with Crippen LogP contribution in [-0.4, -0.2) is 32.3 Å². The maximum absolute atomic E-state index is 12.7. The van der Waals surface area contributed by atoms with Crippen molar-refractivity contribution in [3.8, 4) is 0 Å². The number of nitrogens with one attached hydrogen (secondary N) is 1. The summed E-state index contributed by atoms with van der Waals surface area (Å²) < 4.78 is 28.6. The molecule has 0 atom stereocenters. The van der Waals surface area contributed by atoms with Crippen LogP contribution >= 0.6 is 15.9 Å². The van der Waals surface area contributed by atoms with Crippen LogP contribution in [0, 0.1) is 6.92 Å². The number of rotatable bonds is 5. The molecule has 1 saturated carbocycles. The van der Waals surface area contributed by atoms with E-state index in [4.69, 9.17) is 0 Å². The Bertz CT molecular complexity index is 924. The lowest BCUT2D eigenvalue weighted by atomic mass is 10.2. The van der Waals surface area contributed by atoms with E-state index in [0.29, 0.717) is 15.7 Å². The summed E-state index contributed by atoms with van der Waals surface area (Å²) in [5, 5.41) is 0. The number of aryl methyl sites for hydroxylation is 1. The molecule has 0 spiro atoms. The lowest BCUT2D eigenvalue weighted by Crippen LogP contribution is -2.28. The molecule has 3 rings (SSSR count). The van der Waals surface area contributed by atoms with Crippen LogP contribution in [0.1, 0.15) is 28.8 Å². The summed E-state index contributed by atoms with van der Waals surface area (Å²) in [5.41, 5.74) is 1.78. The van der Waals surface area contributed by atoms with Gasteiger partial charge in [-0.15, -0.1) is 0 Å². The lowest BCUT2D eigenvalue weighted by Gasteiger charge is -2.17. The van der Waals surface area contributed by atoms with E-state index in [1.165, 1.54) is 12.1 Å². The average molecular weight is 423 g/mol.